The van der Waals surface area contributed by atoms with E-state index in [1.54, 1.807) is 25.1 Å². The van der Waals surface area contributed by atoms with E-state index >= 15 is 0 Å². The van der Waals surface area contributed by atoms with E-state index in [9.17, 15) is 22.4 Å². The van der Waals surface area contributed by atoms with Crippen molar-refractivity contribution in [3.63, 3.8) is 0 Å². The Morgan fingerprint density at radius 1 is 1.30 bits per heavy atom. The molecule has 0 aliphatic carbocycles. The SMILES string of the molecule is C=C(NC(=O)N1CCC(C(F)(F)F)C1)/C(N)=C\C=C(/C)c1ccc(F)cc1. The zero-order valence-electron chi connectivity index (χ0n) is 14.8. The summed E-state index contributed by atoms with van der Waals surface area (Å²) in [5, 5.41) is 2.42. The van der Waals surface area contributed by atoms with Gasteiger partial charge in [0.2, 0.25) is 0 Å². The molecular weight excluding hydrogens is 362 g/mol. The van der Waals surface area contributed by atoms with Crippen molar-refractivity contribution in [1.82, 2.24) is 10.2 Å². The summed E-state index contributed by atoms with van der Waals surface area (Å²) in [6, 6.07) is 5.24. The molecule has 3 N–H and O–H groups in total. The van der Waals surface area contributed by atoms with Gasteiger partial charge in [-0.05, 0) is 42.7 Å². The molecule has 2 rings (SSSR count). The van der Waals surface area contributed by atoms with E-state index in [2.05, 4.69) is 11.9 Å². The average molecular weight is 383 g/mol. The van der Waals surface area contributed by atoms with Crippen LogP contribution in [0.25, 0.3) is 5.57 Å². The monoisotopic (exact) mass is 383 g/mol. The summed E-state index contributed by atoms with van der Waals surface area (Å²) in [7, 11) is 0. The quantitative estimate of drug-likeness (QED) is 0.605. The number of rotatable bonds is 4. The molecule has 1 aliphatic heterocycles. The number of carbonyl (C=O) groups is 1. The molecule has 4 nitrogen and oxygen atoms in total. The predicted molar refractivity (Wildman–Crippen MR) is 95.7 cm³/mol. The first kappa shape index (κ1) is 20.5. The summed E-state index contributed by atoms with van der Waals surface area (Å²) >= 11 is 0. The zero-order chi connectivity index (χ0) is 20.2. The van der Waals surface area contributed by atoms with Crippen LogP contribution in [-0.2, 0) is 0 Å². The van der Waals surface area contributed by atoms with E-state index in [1.165, 1.54) is 18.2 Å². The van der Waals surface area contributed by atoms with Crippen molar-refractivity contribution < 1.29 is 22.4 Å². The number of alkyl halides is 3. The summed E-state index contributed by atoms with van der Waals surface area (Å²) < 4.78 is 51.0. The normalized spacial score (nSPS) is 18.6. The van der Waals surface area contributed by atoms with Crippen LogP contribution in [0.15, 0.2) is 54.4 Å². The Labute approximate surface area is 155 Å². The van der Waals surface area contributed by atoms with Crippen molar-refractivity contribution in [2.75, 3.05) is 13.1 Å². The van der Waals surface area contributed by atoms with Gasteiger partial charge in [0.1, 0.15) is 5.82 Å². The molecule has 0 radical (unpaired) electrons. The second kappa shape index (κ2) is 8.28. The number of hydrogen-bond acceptors (Lipinski definition) is 2. The van der Waals surface area contributed by atoms with Crippen LogP contribution in [0.2, 0.25) is 0 Å². The number of hydrogen-bond donors (Lipinski definition) is 2. The molecule has 1 atom stereocenters. The van der Waals surface area contributed by atoms with Gasteiger partial charge in [-0.3, -0.25) is 0 Å². The van der Waals surface area contributed by atoms with E-state index < -0.39 is 18.1 Å². The molecule has 27 heavy (non-hydrogen) atoms. The zero-order valence-corrected chi connectivity index (χ0v) is 14.8. The summed E-state index contributed by atoms with van der Waals surface area (Å²) in [5.74, 6) is -1.85. The highest BCUT2D eigenvalue weighted by Crippen LogP contribution is 2.33. The summed E-state index contributed by atoms with van der Waals surface area (Å²) in [5.41, 5.74) is 7.72. The van der Waals surface area contributed by atoms with Gasteiger partial charge in [-0.25, -0.2) is 9.18 Å². The number of nitrogens with two attached hydrogens (primary N) is 1. The topological polar surface area (TPSA) is 58.4 Å². The Morgan fingerprint density at radius 2 is 1.93 bits per heavy atom. The van der Waals surface area contributed by atoms with Gasteiger partial charge >= 0.3 is 12.2 Å². The fraction of sp³-hybridized carbons (Fsp3) is 0.316. The molecule has 0 bridgehead atoms. The fourth-order valence-electron chi connectivity index (χ4n) is 2.62. The molecule has 1 aromatic rings. The minimum absolute atomic E-state index is 0.0243. The van der Waals surface area contributed by atoms with Crippen molar-refractivity contribution in [1.29, 1.82) is 0 Å². The summed E-state index contributed by atoms with van der Waals surface area (Å²) in [6.07, 6.45) is -1.23. The van der Waals surface area contributed by atoms with Crippen LogP contribution in [0.4, 0.5) is 22.4 Å². The van der Waals surface area contributed by atoms with Gasteiger partial charge in [0.05, 0.1) is 17.3 Å². The van der Waals surface area contributed by atoms with Gasteiger partial charge < -0.3 is 16.0 Å². The molecule has 1 fully saturated rings. The number of benzene rings is 1. The predicted octanol–water partition coefficient (Wildman–Crippen LogP) is 4.18. The standard InChI is InChI=1S/C19H21F4N3O/c1-12(14-4-6-16(20)7-5-14)3-8-17(24)13(2)25-18(27)26-10-9-15(11-26)19(21,22)23/h3-8,15H,2,9-11,24H2,1H3,(H,25,27)/b12-3+,17-8+. The van der Waals surface area contributed by atoms with E-state index in [1.807, 2.05) is 0 Å². The minimum Gasteiger partial charge on any atom is -0.397 e. The molecule has 0 aromatic heterocycles. The van der Waals surface area contributed by atoms with Crippen LogP contribution in [0, 0.1) is 11.7 Å². The summed E-state index contributed by atoms with van der Waals surface area (Å²) in [6.45, 7) is 5.09. The van der Waals surface area contributed by atoms with Crippen molar-refractivity contribution in [2.45, 2.75) is 19.5 Å². The maximum Gasteiger partial charge on any atom is 0.393 e. The Balaban J connectivity index is 1.94. The molecule has 1 aliphatic rings. The Kier molecular flexibility index (Phi) is 6.30. The molecule has 2 amide bonds. The van der Waals surface area contributed by atoms with Crippen molar-refractivity contribution in [3.05, 3.63) is 65.8 Å². The minimum atomic E-state index is -4.31. The van der Waals surface area contributed by atoms with Crippen LogP contribution in [-0.4, -0.2) is 30.2 Å². The van der Waals surface area contributed by atoms with Gasteiger partial charge in [0.15, 0.2) is 0 Å². The largest absolute Gasteiger partial charge is 0.397 e. The molecule has 8 heteroatoms. The van der Waals surface area contributed by atoms with Gasteiger partial charge in [0, 0.05) is 13.1 Å². The Morgan fingerprint density at radius 3 is 2.48 bits per heavy atom. The molecule has 1 unspecified atom stereocenters. The third kappa shape index (κ3) is 5.60. The number of nitrogens with zero attached hydrogens (tertiary/aromatic N) is 1. The highest BCUT2D eigenvalue weighted by Gasteiger charge is 2.44. The molecule has 0 spiro atoms. The number of halogens is 4. The van der Waals surface area contributed by atoms with Gasteiger partial charge in [-0.1, -0.05) is 24.8 Å². The van der Waals surface area contributed by atoms with Crippen LogP contribution < -0.4 is 11.1 Å². The van der Waals surface area contributed by atoms with Crippen molar-refractivity contribution >= 4 is 11.6 Å². The molecule has 1 saturated heterocycles. The lowest BCUT2D eigenvalue weighted by Crippen LogP contribution is -2.39. The van der Waals surface area contributed by atoms with Crippen molar-refractivity contribution in [3.8, 4) is 0 Å². The van der Waals surface area contributed by atoms with E-state index in [0.29, 0.717) is 0 Å². The number of allylic oxidation sites excluding steroid dienone is 3. The van der Waals surface area contributed by atoms with Gasteiger partial charge in [0.25, 0.3) is 0 Å². The van der Waals surface area contributed by atoms with E-state index in [0.717, 1.165) is 16.0 Å². The molecule has 1 heterocycles. The molecule has 1 aromatic carbocycles. The first-order valence-electron chi connectivity index (χ1n) is 8.30. The molecule has 0 saturated carbocycles. The van der Waals surface area contributed by atoms with Crippen LogP contribution in [0.1, 0.15) is 18.9 Å². The van der Waals surface area contributed by atoms with Gasteiger partial charge in [-0.2, -0.15) is 13.2 Å². The Hall–Kier alpha value is -2.77. The maximum atomic E-state index is 12.9. The lowest BCUT2D eigenvalue weighted by molar-refractivity contribution is -0.169. The number of likely N-dealkylation sites (tertiary alicyclic amines) is 1. The van der Waals surface area contributed by atoms with E-state index in [-0.39, 0.29) is 36.7 Å². The van der Waals surface area contributed by atoms with Crippen LogP contribution in [0.5, 0.6) is 0 Å². The lowest BCUT2D eigenvalue weighted by Gasteiger charge is -2.19. The first-order valence-corrected chi connectivity index (χ1v) is 8.30. The van der Waals surface area contributed by atoms with Crippen LogP contribution >= 0.6 is 0 Å². The van der Waals surface area contributed by atoms with Gasteiger partial charge in [-0.15, -0.1) is 0 Å². The Bertz CT molecular complexity index is 766. The second-order valence-electron chi connectivity index (χ2n) is 6.36. The third-order valence-electron chi connectivity index (χ3n) is 4.36. The highest BCUT2D eigenvalue weighted by molar-refractivity contribution is 5.77. The number of nitrogens with one attached hydrogen (secondary N) is 1. The first-order chi connectivity index (χ1) is 12.6. The average Bonchev–Trinajstić information content (AvgIpc) is 3.10. The summed E-state index contributed by atoms with van der Waals surface area (Å²) in [4.78, 5) is 13.2. The van der Waals surface area contributed by atoms with Crippen LogP contribution in [0.3, 0.4) is 0 Å². The lowest BCUT2D eigenvalue weighted by atomic mass is 10.1. The van der Waals surface area contributed by atoms with Crippen molar-refractivity contribution in [2.24, 2.45) is 11.7 Å². The number of amides is 2. The fourth-order valence-corrected chi connectivity index (χ4v) is 2.62. The van der Waals surface area contributed by atoms with E-state index in [4.69, 9.17) is 5.73 Å². The number of carbonyl (C=O) groups excluding carboxylic acids is 1. The second-order valence-corrected chi connectivity index (χ2v) is 6.36. The molecular formula is C19H21F4N3O. The maximum absolute atomic E-state index is 12.9. The number of urea groups is 1. The highest BCUT2D eigenvalue weighted by atomic mass is 19.4. The molecule has 146 valence electrons. The third-order valence-corrected chi connectivity index (χ3v) is 4.36. The smallest absolute Gasteiger partial charge is 0.393 e.